The molecule has 1 heterocycles. The molecule has 144 valence electrons. The molecule has 1 aromatic carbocycles. The average molecular weight is 386 g/mol. The summed E-state index contributed by atoms with van der Waals surface area (Å²) in [6.45, 7) is 5.15. The topological polar surface area (TPSA) is 145 Å². The number of nitro groups is 1. The maximum absolute atomic E-state index is 12.1. The van der Waals surface area contributed by atoms with E-state index in [1.54, 1.807) is 4.90 Å². The number of carbonyl (C=O) groups excluding carboxylic acids is 1. The lowest BCUT2D eigenvalue weighted by Gasteiger charge is -2.34. The van der Waals surface area contributed by atoms with Gasteiger partial charge >= 0.3 is 0 Å². The lowest BCUT2D eigenvalue weighted by Crippen LogP contribution is -2.49. The van der Waals surface area contributed by atoms with E-state index in [-0.39, 0.29) is 35.1 Å². The Hall–Kier alpha value is -2.24. The molecule has 1 amide bonds. The number of benzene rings is 1. The Labute approximate surface area is 151 Å². The lowest BCUT2D eigenvalue weighted by atomic mass is 10.1. The number of morpholine rings is 1. The predicted octanol–water partition coefficient (Wildman–Crippen LogP) is 0.538. The monoisotopic (exact) mass is 386 g/mol. The van der Waals surface area contributed by atoms with Crippen molar-refractivity contribution in [2.45, 2.75) is 24.8 Å². The van der Waals surface area contributed by atoms with Crippen molar-refractivity contribution in [3.05, 3.63) is 28.3 Å². The summed E-state index contributed by atoms with van der Waals surface area (Å²) in [6.07, 6.45) is -0.330. The Kier molecular flexibility index (Phi) is 6.16. The van der Waals surface area contributed by atoms with Crippen LogP contribution in [0.4, 0.5) is 11.4 Å². The summed E-state index contributed by atoms with van der Waals surface area (Å²) in [6, 6.07) is 3.40. The minimum Gasteiger partial charge on any atom is -0.377 e. The first kappa shape index (κ1) is 20.1. The third-order valence-corrected chi connectivity index (χ3v) is 4.87. The van der Waals surface area contributed by atoms with Gasteiger partial charge < -0.3 is 15.0 Å². The highest BCUT2D eigenvalue weighted by Crippen LogP contribution is 2.27. The van der Waals surface area contributed by atoms with Gasteiger partial charge in [-0.25, -0.2) is 13.6 Å². The number of ether oxygens (including phenoxy) is 1. The zero-order valence-corrected chi connectivity index (χ0v) is 15.4. The van der Waals surface area contributed by atoms with Crippen LogP contribution in [0.5, 0.6) is 0 Å². The molecule has 1 saturated heterocycles. The normalized spacial score (nSPS) is 18.0. The summed E-state index contributed by atoms with van der Waals surface area (Å²) in [5.74, 6) is -0.0876. The van der Waals surface area contributed by atoms with Crippen molar-refractivity contribution in [2.75, 3.05) is 31.6 Å². The van der Waals surface area contributed by atoms with E-state index in [2.05, 4.69) is 5.32 Å². The van der Waals surface area contributed by atoms with Crippen molar-refractivity contribution in [3.8, 4) is 0 Å². The fourth-order valence-corrected chi connectivity index (χ4v) is 3.15. The number of rotatable bonds is 6. The van der Waals surface area contributed by atoms with Crippen LogP contribution in [0.2, 0.25) is 0 Å². The van der Waals surface area contributed by atoms with Crippen LogP contribution < -0.4 is 10.5 Å². The van der Waals surface area contributed by atoms with E-state index in [9.17, 15) is 23.3 Å². The van der Waals surface area contributed by atoms with Crippen LogP contribution >= 0.6 is 0 Å². The number of hydrogen-bond acceptors (Lipinski definition) is 7. The van der Waals surface area contributed by atoms with E-state index < -0.39 is 20.6 Å². The number of nitro benzene ring substituents is 1. The van der Waals surface area contributed by atoms with Gasteiger partial charge in [0.05, 0.1) is 22.5 Å². The number of hydrogen-bond donors (Lipinski definition) is 2. The summed E-state index contributed by atoms with van der Waals surface area (Å²) in [4.78, 5) is 24.0. The first-order valence-corrected chi connectivity index (χ1v) is 9.59. The standard InChI is InChI=1S/C15H22N4O6S/c1-10(2)15(20)18-5-6-25-11(9-18)8-17-13-4-3-12(26(16,23)24)7-14(13)19(21)22/h3-4,7,10-11,17H,5-6,8-9H2,1-2H3,(H2,16,23,24). The van der Waals surface area contributed by atoms with Crippen LogP contribution in [-0.2, 0) is 19.6 Å². The van der Waals surface area contributed by atoms with Crippen molar-refractivity contribution < 1.29 is 22.9 Å². The summed E-state index contributed by atoms with van der Waals surface area (Å²) in [7, 11) is -4.04. The first-order valence-electron chi connectivity index (χ1n) is 8.05. The van der Waals surface area contributed by atoms with Crippen molar-refractivity contribution in [1.82, 2.24) is 4.90 Å². The molecule has 1 fully saturated rings. The van der Waals surface area contributed by atoms with Crippen LogP contribution in [0.15, 0.2) is 23.1 Å². The van der Waals surface area contributed by atoms with Crippen LogP contribution in [0, 0.1) is 16.0 Å². The Bertz CT molecular complexity index is 795. The fraction of sp³-hybridized carbons (Fsp3) is 0.533. The van der Waals surface area contributed by atoms with Gasteiger partial charge in [0.2, 0.25) is 15.9 Å². The lowest BCUT2D eigenvalue weighted by molar-refractivity contribution is -0.384. The average Bonchev–Trinajstić information content (AvgIpc) is 2.58. The molecule has 1 aliphatic heterocycles. The van der Waals surface area contributed by atoms with E-state index in [1.807, 2.05) is 13.8 Å². The van der Waals surface area contributed by atoms with Crippen molar-refractivity contribution in [1.29, 1.82) is 0 Å². The van der Waals surface area contributed by atoms with E-state index in [1.165, 1.54) is 12.1 Å². The minimum atomic E-state index is -4.04. The molecule has 1 unspecified atom stereocenters. The Balaban J connectivity index is 2.09. The van der Waals surface area contributed by atoms with Gasteiger partial charge in [0.25, 0.3) is 5.69 Å². The molecule has 10 nitrogen and oxygen atoms in total. The highest BCUT2D eigenvalue weighted by Gasteiger charge is 2.26. The molecule has 0 bridgehead atoms. The highest BCUT2D eigenvalue weighted by molar-refractivity contribution is 7.89. The second-order valence-electron chi connectivity index (χ2n) is 6.29. The first-order chi connectivity index (χ1) is 12.1. The molecule has 11 heteroatoms. The van der Waals surface area contributed by atoms with E-state index in [4.69, 9.17) is 9.88 Å². The second-order valence-corrected chi connectivity index (χ2v) is 7.86. The van der Waals surface area contributed by atoms with Crippen molar-refractivity contribution in [3.63, 3.8) is 0 Å². The molecule has 0 aliphatic carbocycles. The van der Waals surface area contributed by atoms with Crippen molar-refractivity contribution >= 4 is 27.3 Å². The summed E-state index contributed by atoms with van der Waals surface area (Å²) in [5, 5.41) is 19.1. The van der Waals surface area contributed by atoms with Crippen LogP contribution in [0.1, 0.15) is 13.8 Å². The molecule has 0 spiro atoms. The third-order valence-electron chi connectivity index (χ3n) is 3.96. The van der Waals surface area contributed by atoms with Gasteiger partial charge in [-0.15, -0.1) is 0 Å². The van der Waals surface area contributed by atoms with E-state index in [0.29, 0.717) is 19.7 Å². The molecule has 26 heavy (non-hydrogen) atoms. The number of primary sulfonamides is 1. The number of nitrogens with one attached hydrogen (secondary N) is 1. The summed E-state index contributed by atoms with van der Waals surface area (Å²) >= 11 is 0. The molecule has 0 saturated carbocycles. The van der Waals surface area contributed by atoms with Gasteiger partial charge in [0.1, 0.15) is 5.69 Å². The van der Waals surface area contributed by atoms with Gasteiger partial charge in [0, 0.05) is 31.6 Å². The smallest absolute Gasteiger partial charge is 0.293 e. The van der Waals surface area contributed by atoms with Gasteiger partial charge in [-0.3, -0.25) is 14.9 Å². The molecular weight excluding hydrogens is 364 g/mol. The molecule has 0 radical (unpaired) electrons. The molecular formula is C15H22N4O6S. The molecule has 3 N–H and O–H groups in total. The Morgan fingerprint density at radius 2 is 2.19 bits per heavy atom. The highest BCUT2D eigenvalue weighted by atomic mass is 32.2. The fourth-order valence-electron chi connectivity index (χ4n) is 2.62. The number of sulfonamides is 1. The van der Waals surface area contributed by atoms with Crippen LogP contribution in [0.3, 0.4) is 0 Å². The Morgan fingerprint density at radius 1 is 1.50 bits per heavy atom. The number of nitrogens with two attached hydrogens (primary N) is 1. The molecule has 1 aliphatic rings. The molecule has 1 aromatic rings. The number of carbonyl (C=O) groups is 1. The SMILES string of the molecule is CC(C)C(=O)N1CCOC(CNc2ccc(S(N)(=O)=O)cc2[N+](=O)[O-])C1. The van der Waals surface area contributed by atoms with Crippen LogP contribution in [0.25, 0.3) is 0 Å². The van der Waals surface area contributed by atoms with Crippen LogP contribution in [-0.4, -0.2) is 56.5 Å². The van der Waals surface area contributed by atoms with Gasteiger partial charge in [0.15, 0.2) is 0 Å². The molecule has 1 atom stereocenters. The Morgan fingerprint density at radius 3 is 2.77 bits per heavy atom. The largest absolute Gasteiger partial charge is 0.377 e. The van der Waals surface area contributed by atoms with Gasteiger partial charge in [-0.05, 0) is 12.1 Å². The number of anilines is 1. The number of amides is 1. The zero-order chi connectivity index (χ0) is 19.5. The van der Waals surface area contributed by atoms with Crippen molar-refractivity contribution in [2.24, 2.45) is 11.1 Å². The minimum absolute atomic E-state index is 0.0294. The predicted molar refractivity (Wildman–Crippen MR) is 94.1 cm³/mol. The van der Waals surface area contributed by atoms with Gasteiger partial charge in [-0.1, -0.05) is 13.8 Å². The maximum atomic E-state index is 12.1. The zero-order valence-electron chi connectivity index (χ0n) is 14.5. The van der Waals surface area contributed by atoms with E-state index in [0.717, 1.165) is 6.07 Å². The summed E-state index contributed by atoms with van der Waals surface area (Å²) in [5.41, 5.74) is -0.249. The maximum Gasteiger partial charge on any atom is 0.293 e. The second kappa shape index (κ2) is 7.98. The van der Waals surface area contributed by atoms with E-state index >= 15 is 0 Å². The summed E-state index contributed by atoms with van der Waals surface area (Å²) < 4.78 is 28.3. The quantitative estimate of drug-likeness (QED) is 0.536. The molecule has 2 rings (SSSR count). The molecule has 0 aromatic heterocycles. The third kappa shape index (κ3) is 4.90. The van der Waals surface area contributed by atoms with Gasteiger partial charge in [-0.2, -0.15) is 0 Å². The number of nitrogens with zero attached hydrogens (tertiary/aromatic N) is 2.